The van der Waals surface area contributed by atoms with E-state index in [1.54, 1.807) is 48.9 Å². The van der Waals surface area contributed by atoms with Crippen LogP contribution in [0, 0.1) is 11.6 Å². The molecule has 4 rings (SSSR count). The number of aromatic nitrogens is 3. The molecule has 0 bridgehead atoms. The number of carbonyl (C=O) groups is 1. The topological polar surface area (TPSA) is 69.0 Å². The highest BCUT2D eigenvalue weighted by molar-refractivity contribution is 7.98. The van der Waals surface area contributed by atoms with Crippen molar-refractivity contribution in [2.75, 3.05) is 11.9 Å². The van der Waals surface area contributed by atoms with Crippen LogP contribution in [0.4, 0.5) is 14.7 Å². The molecule has 0 fully saturated rings. The van der Waals surface area contributed by atoms with Gasteiger partial charge in [0.2, 0.25) is 11.1 Å². The van der Waals surface area contributed by atoms with Gasteiger partial charge in [0.15, 0.2) is 0 Å². The van der Waals surface area contributed by atoms with Gasteiger partial charge in [0.25, 0.3) is 0 Å². The Morgan fingerprint density at radius 1 is 1.19 bits per heavy atom. The summed E-state index contributed by atoms with van der Waals surface area (Å²) in [5.41, 5.74) is 2.17. The minimum atomic E-state index is -0.633. The Balaban J connectivity index is 1.70. The maximum absolute atomic E-state index is 13.9. The molecule has 0 saturated carbocycles. The number of allylic oxidation sites excluding steroid dienone is 1. The van der Waals surface area contributed by atoms with Crippen LogP contribution in [-0.2, 0) is 15.3 Å². The number of benzene rings is 2. The van der Waals surface area contributed by atoms with Crippen molar-refractivity contribution < 1.29 is 18.3 Å². The van der Waals surface area contributed by atoms with Crippen LogP contribution in [0.1, 0.15) is 31.0 Å². The normalized spacial score (nSPS) is 15.4. The van der Waals surface area contributed by atoms with E-state index in [1.165, 1.54) is 30.0 Å². The molecule has 0 aliphatic carbocycles. The lowest BCUT2D eigenvalue weighted by molar-refractivity contribution is -0.139. The first-order valence-electron chi connectivity index (χ1n) is 9.71. The van der Waals surface area contributed by atoms with E-state index in [0.717, 1.165) is 0 Å². The fourth-order valence-corrected chi connectivity index (χ4v) is 4.19. The van der Waals surface area contributed by atoms with Crippen LogP contribution in [0.3, 0.4) is 0 Å². The summed E-state index contributed by atoms with van der Waals surface area (Å²) in [4.78, 5) is 17.2. The first-order chi connectivity index (χ1) is 15.0. The summed E-state index contributed by atoms with van der Waals surface area (Å²) in [5.74, 6) is -0.354. The lowest BCUT2D eigenvalue weighted by Gasteiger charge is -2.28. The first-order valence-corrected chi connectivity index (χ1v) is 10.7. The van der Waals surface area contributed by atoms with Crippen LogP contribution in [-0.4, -0.2) is 27.3 Å². The molecular formula is C22H20F2N4O2S. The maximum atomic E-state index is 13.9. The van der Waals surface area contributed by atoms with E-state index in [2.05, 4.69) is 15.4 Å². The number of ether oxygens (including phenoxy) is 1. The zero-order valence-electron chi connectivity index (χ0n) is 16.9. The Bertz CT molecular complexity index is 1140. The zero-order valence-corrected chi connectivity index (χ0v) is 17.7. The van der Waals surface area contributed by atoms with Crippen LogP contribution in [0.5, 0.6) is 0 Å². The number of esters is 1. The van der Waals surface area contributed by atoms with E-state index in [0.29, 0.717) is 39.3 Å². The number of rotatable bonds is 6. The van der Waals surface area contributed by atoms with Crippen LogP contribution < -0.4 is 5.32 Å². The predicted molar refractivity (Wildman–Crippen MR) is 113 cm³/mol. The third-order valence-electron chi connectivity index (χ3n) is 4.83. The van der Waals surface area contributed by atoms with Crippen molar-refractivity contribution in [2.24, 2.45) is 0 Å². The second kappa shape index (κ2) is 8.89. The highest BCUT2D eigenvalue weighted by Crippen LogP contribution is 2.37. The van der Waals surface area contributed by atoms with E-state index >= 15 is 0 Å². The molecule has 1 aliphatic rings. The van der Waals surface area contributed by atoms with E-state index in [1.807, 2.05) is 0 Å². The van der Waals surface area contributed by atoms with Crippen LogP contribution in [0.25, 0.3) is 0 Å². The smallest absolute Gasteiger partial charge is 0.338 e. The highest BCUT2D eigenvalue weighted by atomic mass is 32.2. The molecule has 1 aliphatic heterocycles. The quantitative estimate of drug-likeness (QED) is 0.441. The van der Waals surface area contributed by atoms with Gasteiger partial charge >= 0.3 is 5.97 Å². The Hall–Kier alpha value is -3.20. The molecule has 160 valence electrons. The zero-order chi connectivity index (χ0) is 22.0. The van der Waals surface area contributed by atoms with Crippen molar-refractivity contribution in [3.8, 4) is 0 Å². The third-order valence-corrected chi connectivity index (χ3v) is 5.72. The summed E-state index contributed by atoms with van der Waals surface area (Å²) in [6.45, 7) is 3.71. The Labute approximate surface area is 182 Å². The van der Waals surface area contributed by atoms with Gasteiger partial charge in [-0.3, -0.25) is 0 Å². The monoisotopic (exact) mass is 442 g/mol. The summed E-state index contributed by atoms with van der Waals surface area (Å²) in [7, 11) is 0. The second-order valence-corrected chi connectivity index (χ2v) is 7.82. The first kappa shape index (κ1) is 21.0. The average Bonchev–Trinajstić information content (AvgIpc) is 3.15. The van der Waals surface area contributed by atoms with E-state index in [4.69, 9.17) is 4.74 Å². The molecule has 0 unspecified atom stereocenters. The Morgan fingerprint density at radius 3 is 2.65 bits per heavy atom. The van der Waals surface area contributed by atoms with Gasteiger partial charge in [0.05, 0.1) is 12.2 Å². The predicted octanol–water partition coefficient (Wildman–Crippen LogP) is 4.70. The van der Waals surface area contributed by atoms with Gasteiger partial charge in [-0.1, -0.05) is 42.1 Å². The fraction of sp³-hybridized carbons (Fsp3) is 0.227. The van der Waals surface area contributed by atoms with Gasteiger partial charge in [-0.2, -0.15) is 4.98 Å². The summed E-state index contributed by atoms with van der Waals surface area (Å²) in [5, 5.41) is 8.07. The van der Waals surface area contributed by atoms with Gasteiger partial charge in [-0.25, -0.2) is 18.3 Å². The molecule has 1 aromatic heterocycles. The Kier molecular flexibility index (Phi) is 6.03. The van der Waals surface area contributed by atoms with Gasteiger partial charge in [-0.05, 0) is 43.2 Å². The molecule has 3 aromatic rings. The molecule has 6 nitrogen and oxygen atoms in total. The molecule has 9 heteroatoms. The number of thioether (sulfide) groups is 1. The Morgan fingerprint density at radius 2 is 1.94 bits per heavy atom. The van der Waals surface area contributed by atoms with Gasteiger partial charge in [-0.15, -0.1) is 5.10 Å². The summed E-state index contributed by atoms with van der Waals surface area (Å²) >= 11 is 1.28. The molecule has 0 amide bonds. The number of hydrogen-bond donors (Lipinski definition) is 1. The minimum Gasteiger partial charge on any atom is -0.463 e. The average molecular weight is 442 g/mol. The summed E-state index contributed by atoms with van der Waals surface area (Å²) in [6, 6.07) is 11.8. The molecule has 0 spiro atoms. The fourth-order valence-electron chi connectivity index (χ4n) is 3.38. The molecule has 0 saturated heterocycles. The lowest BCUT2D eigenvalue weighted by Crippen LogP contribution is -2.29. The SMILES string of the molecule is CCOC(=O)C1=C(C)Nc2nc(SCc3ccccc3F)nn2[C@@H]1c1ccc(F)cc1. The molecule has 1 atom stereocenters. The van der Waals surface area contributed by atoms with Crippen molar-refractivity contribution in [3.05, 3.63) is 82.6 Å². The number of nitrogens with one attached hydrogen (secondary N) is 1. The molecule has 2 aromatic carbocycles. The van der Waals surface area contributed by atoms with Crippen molar-refractivity contribution >= 4 is 23.7 Å². The second-order valence-electron chi connectivity index (χ2n) is 6.88. The lowest BCUT2D eigenvalue weighted by atomic mass is 9.96. The number of hydrogen-bond acceptors (Lipinski definition) is 6. The summed E-state index contributed by atoms with van der Waals surface area (Å²) in [6.07, 6.45) is 0. The number of nitrogens with zero attached hydrogens (tertiary/aromatic N) is 3. The molecule has 2 heterocycles. The van der Waals surface area contributed by atoms with Crippen LogP contribution in [0.15, 0.2) is 65.0 Å². The van der Waals surface area contributed by atoms with E-state index in [-0.39, 0.29) is 18.2 Å². The van der Waals surface area contributed by atoms with Gasteiger partial charge in [0.1, 0.15) is 17.7 Å². The van der Waals surface area contributed by atoms with Crippen molar-refractivity contribution in [1.29, 1.82) is 0 Å². The summed E-state index contributed by atoms with van der Waals surface area (Å²) < 4.78 is 34.3. The van der Waals surface area contributed by atoms with Gasteiger partial charge < -0.3 is 10.1 Å². The van der Waals surface area contributed by atoms with Crippen molar-refractivity contribution in [2.45, 2.75) is 30.8 Å². The van der Waals surface area contributed by atoms with E-state index < -0.39 is 12.0 Å². The number of anilines is 1. The molecule has 1 N–H and O–H groups in total. The third kappa shape index (κ3) is 4.32. The molecular weight excluding hydrogens is 422 g/mol. The van der Waals surface area contributed by atoms with Crippen LogP contribution >= 0.6 is 11.8 Å². The standard InChI is InChI=1S/C22H20F2N4O2S/c1-3-30-20(29)18-13(2)25-21-26-22(31-12-15-6-4-5-7-17(15)24)27-28(21)19(18)14-8-10-16(23)11-9-14/h4-11,19H,3,12H2,1-2H3,(H,25,26,27)/t19-/m1/s1. The number of fused-ring (bicyclic) bond motifs is 1. The highest BCUT2D eigenvalue weighted by Gasteiger charge is 2.35. The van der Waals surface area contributed by atoms with Crippen LogP contribution in [0.2, 0.25) is 0 Å². The van der Waals surface area contributed by atoms with Crippen molar-refractivity contribution in [3.63, 3.8) is 0 Å². The minimum absolute atomic E-state index is 0.222. The largest absolute Gasteiger partial charge is 0.463 e. The van der Waals surface area contributed by atoms with Crippen molar-refractivity contribution in [1.82, 2.24) is 14.8 Å². The van der Waals surface area contributed by atoms with E-state index in [9.17, 15) is 13.6 Å². The number of carbonyl (C=O) groups excluding carboxylic acids is 1. The maximum Gasteiger partial charge on any atom is 0.338 e. The molecule has 31 heavy (non-hydrogen) atoms. The van der Waals surface area contributed by atoms with Gasteiger partial charge in [0, 0.05) is 11.4 Å². The number of halogens is 2. The molecule has 0 radical (unpaired) electrons.